The van der Waals surface area contributed by atoms with Crippen LogP contribution in [0.15, 0.2) is 29.3 Å². The topological polar surface area (TPSA) is 62.9 Å². The van der Waals surface area contributed by atoms with Crippen LogP contribution in [0.25, 0.3) is 0 Å². The van der Waals surface area contributed by atoms with Crippen LogP contribution in [0.3, 0.4) is 0 Å². The van der Waals surface area contributed by atoms with E-state index in [0.717, 1.165) is 11.4 Å². The van der Waals surface area contributed by atoms with Gasteiger partial charge in [-0.15, -0.1) is 0 Å². The zero-order chi connectivity index (χ0) is 12.8. The van der Waals surface area contributed by atoms with E-state index in [-0.39, 0.29) is 6.04 Å². The second-order valence-corrected chi connectivity index (χ2v) is 3.92. The number of para-hydroxylation sites is 2. The predicted molar refractivity (Wildman–Crippen MR) is 71.3 cm³/mol. The molecule has 1 aromatic carbocycles. The van der Waals surface area contributed by atoms with Gasteiger partial charge in [0.1, 0.15) is 5.75 Å². The lowest BCUT2D eigenvalue weighted by atomic mass is 10.3. The summed E-state index contributed by atoms with van der Waals surface area (Å²) in [5.41, 5.74) is 3.51. The summed E-state index contributed by atoms with van der Waals surface area (Å²) in [5, 5.41) is 0. The number of nitrogens with one attached hydrogen (secondary N) is 1. The molecular formula is C12H20N4O. The summed E-state index contributed by atoms with van der Waals surface area (Å²) in [5.74, 6) is 6.87. The number of hydrogen-bond acceptors (Lipinski definition) is 3. The molecule has 0 bridgehead atoms. The first-order valence-corrected chi connectivity index (χ1v) is 5.51. The van der Waals surface area contributed by atoms with Gasteiger partial charge in [-0.25, -0.2) is 10.8 Å². The fourth-order valence-corrected chi connectivity index (χ4v) is 1.49. The molecule has 0 fully saturated rings. The lowest BCUT2D eigenvalue weighted by Crippen LogP contribution is -2.43. The van der Waals surface area contributed by atoms with Crippen LogP contribution < -0.4 is 20.9 Å². The number of methoxy groups -OCH3 is 1. The Morgan fingerprint density at radius 2 is 2.06 bits per heavy atom. The monoisotopic (exact) mass is 236 g/mol. The zero-order valence-electron chi connectivity index (χ0n) is 10.8. The van der Waals surface area contributed by atoms with Gasteiger partial charge in [0.2, 0.25) is 5.96 Å². The number of aliphatic imine (C=N–C) groups is 1. The lowest BCUT2D eigenvalue weighted by Gasteiger charge is -2.23. The van der Waals surface area contributed by atoms with E-state index in [2.05, 4.69) is 10.4 Å². The van der Waals surface area contributed by atoms with Crippen LogP contribution in [0.1, 0.15) is 13.8 Å². The number of ether oxygens (including phenoxy) is 1. The molecule has 94 valence electrons. The zero-order valence-corrected chi connectivity index (χ0v) is 10.8. The third kappa shape index (κ3) is 3.35. The summed E-state index contributed by atoms with van der Waals surface area (Å²) in [6.07, 6.45) is 0. The largest absolute Gasteiger partial charge is 0.495 e. The smallest absolute Gasteiger partial charge is 0.213 e. The number of hydrazine groups is 1. The Bertz CT molecular complexity index is 390. The van der Waals surface area contributed by atoms with Gasteiger partial charge >= 0.3 is 0 Å². The van der Waals surface area contributed by atoms with Crippen molar-refractivity contribution in [3.8, 4) is 5.75 Å². The molecule has 17 heavy (non-hydrogen) atoms. The van der Waals surface area contributed by atoms with Crippen molar-refractivity contribution in [2.24, 2.45) is 10.8 Å². The summed E-state index contributed by atoms with van der Waals surface area (Å²) >= 11 is 0. The van der Waals surface area contributed by atoms with Crippen LogP contribution in [0.5, 0.6) is 5.75 Å². The van der Waals surface area contributed by atoms with Gasteiger partial charge in [0.15, 0.2) is 0 Å². The lowest BCUT2D eigenvalue weighted by molar-refractivity contribution is 0.416. The maximum atomic E-state index is 5.49. The quantitative estimate of drug-likeness (QED) is 0.360. The van der Waals surface area contributed by atoms with Crippen LogP contribution >= 0.6 is 0 Å². The van der Waals surface area contributed by atoms with E-state index < -0.39 is 0 Å². The highest BCUT2D eigenvalue weighted by molar-refractivity contribution is 5.96. The molecule has 1 rings (SSSR count). The third-order valence-corrected chi connectivity index (χ3v) is 2.27. The minimum atomic E-state index is 0.165. The highest BCUT2D eigenvalue weighted by Gasteiger charge is 2.12. The van der Waals surface area contributed by atoms with E-state index in [1.165, 1.54) is 0 Å². The fourth-order valence-electron chi connectivity index (χ4n) is 1.49. The van der Waals surface area contributed by atoms with Crippen molar-refractivity contribution in [1.29, 1.82) is 0 Å². The van der Waals surface area contributed by atoms with Crippen LogP contribution in [0.2, 0.25) is 0 Å². The van der Waals surface area contributed by atoms with Crippen molar-refractivity contribution in [1.82, 2.24) is 5.43 Å². The van der Waals surface area contributed by atoms with Gasteiger partial charge in [-0.1, -0.05) is 12.1 Å². The average Bonchev–Trinajstić information content (AvgIpc) is 2.34. The fraction of sp³-hybridized carbons (Fsp3) is 0.417. The molecule has 0 aliphatic carbocycles. The first kappa shape index (κ1) is 13.3. The number of nitrogens with two attached hydrogens (primary N) is 1. The third-order valence-electron chi connectivity index (χ3n) is 2.27. The average molecular weight is 236 g/mol. The molecule has 0 heterocycles. The van der Waals surface area contributed by atoms with Crippen molar-refractivity contribution >= 4 is 11.6 Å². The summed E-state index contributed by atoms with van der Waals surface area (Å²) < 4.78 is 5.30. The highest BCUT2D eigenvalue weighted by atomic mass is 16.5. The summed E-state index contributed by atoms with van der Waals surface area (Å²) in [6, 6.07) is 7.88. The molecule has 0 aromatic heterocycles. The molecule has 0 saturated carbocycles. The van der Waals surface area contributed by atoms with Crippen LogP contribution in [0, 0.1) is 0 Å². The number of hydrogen-bond donors (Lipinski definition) is 2. The molecule has 0 radical (unpaired) electrons. The van der Waals surface area contributed by atoms with Crippen LogP contribution in [-0.4, -0.2) is 26.2 Å². The number of rotatable bonds is 3. The van der Waals surface area contributed by atoms with Gasteiger partial charge in [0.25, 0.3) is 0 Å². The Morgan fingerprint density at radius 1 is 1.41 bits per heavy atom. The molecule has 0 atom stereocenters. The maximum absolute atomic E-state index is 5.49. The molecule has 0 aliphatic rings. The molecule has 5 heteroatoms. The standard InChI is InChI=1S/C12H20N4O/c1-9(2)14-12(15-13)16(3)10-7-5-6-8-11(10)17-4/h5-9H,13H2,1-4H3,(H,14,15). The minimum Gasteiger partial charge on any atom is -0.495 e. The number of anilines is 1. The van der Waals surface area contributed by atoms with Gasteiger partial charge in [-0.2, -0.15) is 0 Å². The molecule has 1 aromatic rings. The molecule has 0 saturated heterocycles. The summed E-state index contributed by atoms with van der Waals surface area (Å²) in [6.45, 7) is 3.99. The summed E-state index contributed by atoms with van der Waals surface area (Å²) in [4.78, 5) is 6.26. The molecule has 0 spiro atoms. The second-order valence-electron chi connectivity index (χ2n) is 3.92. The van der Waals surface area contributed by atoms with E-state index in [4.69, 9.17) is 10.6 Å². The second kappa shape index (κ2) is 6.10. The van der Waals surface area contributed by atoms with Crippen LogP contribution in [0.4, 0.5) is 5.69 Å². The predicted octanol–water partition coefficient (Wildman–Crippen LogP) is 1.36. The van der Waals surface area contributed by atoms with E-state index in [0.29, 0.717) is 5.96 Å². The van der Waals surface area contributed by atoms with Gasteiger partial charge in [0, 0.05) is 13.1 Å². The van der Waals surface area contributed by atoms with Crippen molar-refractivity contribution in [3.05, 3.63) is 24.3 Å². The first-order chi connectivity index (χ1) is 8.10. The van der Waals surface area contributed by atoms with E-state index in [1.807, 2.05) is 50.1 Å². The number of guanidine groups is 1. The molecule has 5 nitrogen and oxygen atoms in total. The Hall–Kier alpha value is -1.75. The van der Waals surface area contributed by atoms with E-state index >= 15 is 0 Å². The Labute approximate surface area is 102 Å². The van der Waals surface area contributed by atoms with Gasteiger partial charge < -0.3 is 9.64 Å². The molecule has 0 aliphatic heterocycles. The van der Waals surface area contributed by atoms with Crippen molar-refractivity contribution in [2.75, 3.05) is 19.1 Å². The summed E-state index contributed by atoms with van der Waals surface area (Å²) in [7, 11) is 3.53. The normalized spacial score (nSPS) is 11.5. The number of nitrogens with zero attached hydrogens (tertiary/aromatic N) is 2. The van der Waals surface area contributed by atoms with Gasteiger partial charge in [0.05, 0.1) is 12.8 Å². The Morgan fingerprint density at radius 3 is 2.59 bits per heavy atom. The molecular weight excluding hydrogens is 216 g/mol. The minimum absolute atomic E-state index is 0.165. The van der Waals surface area contributed by atoms with Gasteiger partial charge in [-0.3, -0.25) is 5.43 Å². The van der Waals surface area contributed by atoms with Crippen molar-refractivity contribution in [3.63, 3.8) is 0 Å². The highest BCUT2D eigenvalue weighted by Crippen LogP contribution is 2.26. The van der Waals surface area contributed by atoms with Crippen molar-refractivity contribution < 1.29 is 4.74 Å². The molecule has 3 N–H and O–H groups in total. The Kier molecular flexibility index (Phi) is 4.78. The van der Waals surface area contributed by atoms with E-state index in [9.17, 15) is 0 Å². The Balaban J connectivity index is 3.05. The van der Waals surface area contributed by atoms with E-state index in [1.54, 1.807) is 7.11 Å². The maximum Gasteiger partial charge on any atom is 0.213 e. The van der Waals surface area contributed by atoms with Crippen molar-refractivity contribution in [2.45, 2.75) is 19.9 Å². The molecule has 0 amide bonds. The number of benzene rings is 1. The SMILES string of the molecule is COc1ccccc1N(C)C(=NC(C)C)NN. The van der Waals surface area contributed by atoms with Crippen LogP contribution in [-0.2, 0) is 0 Å². The molecule has 0 unspecified atom stereocenters. The first-order valence-electron chi connectivity index (χ1n) is 5.51. The van der Waals surface area contributed by atoms with Gasteiger partial charge in [-0.05, 0) is 26.0 Å².